The third-order valence-electron chi connectivity index (χ3n) is 3.74. The van der Waals surface area contributed by atoms with Crippen molar-refractivity contribution < 1.29 is 14.6 Å². The fraction of sp³-hybridized carbons (Fsp3) is 0.176. The zero-order valence-electron chi connectivity index (χ0n) is 13.8. The first-order valence-corrected chi connectivity index (χ1v) is 7.77. The Balaban J connectivity index is 2.07. The molecule has 0 aliphatic heterocycles. The van der Waals surface area contributed by atoms with Gasteiger partial charge in [-0.2, -0.15) is 0 Å². The predicted octanol–water partition coefficient (Wildman–Crippen LogP) is 4.73. The van der Waals surface area contributed by atoms with E-state index in [-0.39, 0.29) is 16.3 Å². The molecule has 0 spiro atoms. The van der Waals surface area contributed by atoms with Crippen LogP contribution in [0, 0.1) is 13.8 Å². The highest BCUT2D eigenvalue weighted by Gasteiger charge is 2.15. The van der Waals surface area contributed by atoms with Gasteiger partial charge in [-0.3, -0.25) is 4.40 Å². The topological polar surface area (TPSA) is 88.5 Å². The number of halogens is 1. The maximum atomic E-state index is 11.2. The largest absolute Gasteiger partial charge is 0.496 e. The molecule has 128 valence electrons. The Morgan fingerprint density at radius 2 is 2.08 bits per heavy atom. The minimum absolute atomic E-state index is 0.0342. The zero-order valence-corrected chi connectivity index (χ0v) is 14.6. The van der Waals surface area contributed by atoms with Gasteiger partial charge in [-0.15, -0.1) is 10.2 Å². The summed E-state index contributed by atoms with van der Waals surface area (Å²) in [6.07, 6.45) is 1.85. The number of ether oxygens (including phenoxy) is 1. The Labute approximate surface area is 148 Å². The summed E-state index contributed by atoms with van der Waals surface area (Å²) < 4.78 is 6.93. The van der Waals surface area contributed by atoms with E-state index in [1.165, 1.54) is 19.2 Å². The maximum absolute atomic E-state index is 11.2. The van der Waals surface area contributed by atoms with E-state index in [9.17, 15) is 4.79 Å². The van der Waals surface area contributed by atoms with Crippen molar-refractivity contribution in [3.05, 3.63) is 52.3 Å². The van der Waals surface area contributed by atoms with E-state index >= 15 is 0 Å². The third kappa shape index (κ3) is 3.06. The molecule has 0 fully saturated rings. The smallest absolute Gasteiger partial charge is 0.339 e. The second kappa shape index (κ2) is 6.52. The first kappa shape index (κ1) is 16.9. The number of rotatable bonds is 4. The summed E-state index contributed by atoms with van der Waals surface area (Å²) in [5, 5.41) is 17.8. The minimum Gasteiger partial charge on any atom is -0.496 e. The summed E-state index contributed by atoms with van der Waals surface area (Å²) >= 11 is 6.13. The number of hydrogen-bond donors (Lipinski definition) is 1. The van der Waals surface area contributed by atoms with Gasteiger partial charge in [0.05, 0.1) is 17.8 Å². The Kier molecular flexibility index (Phi) is 4.41. The highest BCUT2D eigenvalue weighted by atomic mass is 35.5. The highest BCUT2D eigenvalue weighted by Crippen LogP contribution is 2.34. The molecule has 0 saturated heterocycles. The molecule has 1 N–H and O–H groups in total. The van der Waals surface area contributed by atoms with Gasteiger partial charge < -0.3 is 9.84 Å². The van der Waals surface area contributed by atoms with E-state index in [4.69, 9.17) is 21.4 Å². The molecule has 0 bridgehead atoms. The fourth-order valence-corrected chi connectivity index (χ4v) is 2.68. The molecule has 0 atom stereocenters. The molecule has 0 aliphatic carbocycles. The second-order valence-electron chi connectivity index (χ2n) is 5.41. The van der Waals surface area contributed by atoms with Crippen LogP contribution in [0.2, 0.25) is 5.02 Å². The van der Waals surface area contributed by atoms with Gasteiger partial charge in [-0.25, -0.2) is 9.78 Å². The lowest BCUT2D eigenvalue weighted by Gasteiger charge is -2.07. The molecule has 2 aromatic heterocycles. The number of azo groups is 1. The quantitative estimate of drug-likeness (QED) is 0.683. The molecule has 7 nitrogen and oxygen atoms in total. The van der Waals surface area contributed by atoms with Gasteiger partial charge in [-0.1, -0.05) is 17.7 Å². The number of hydrogen-bond acceptors (Lipinski definition) is 5. The van der Waals surface area contributed by atoms with Crippen molar-refractivity contribution in [3.8, 4) is 5.75 Å². The van der Waals surface area contributed by atoms with Crippen molar-refractivity contribution in [1.82, 2.24) is 9.38 Å². The summed E-state index contributed by atoms with van der Waals surface area (Å²) in [7, 11) is 1.38. The Bertz CT molecular complexity index is 1010. The average molecular weight is 359 g/mol. The molecule has 2 heterocycles. The van der Waals surface area contributed by atoms with Crippen LogP contribution < -0.4 is 4.74 Å². The molecule has 0 aliphatic rings. The molecule has 0 unspecified atom stereocenters. The highest BCUT2D eigenvalue weighted by molar-refractivity contribution is 6.33. The number of aromatic nitrogens is 2. The summed E-state index contributed by atoms with van der Waals surface area (Å²) in [4.78, 5) is 15.7. The van der Waals surface area contributed by atoms with E-state index in [2.05, 4.69) is 15.2 Å². The minimum atomic E-state index is -1.13. The number of carboxylic acids is 1. The molecular formula is C17H15ClN4O3. The third-order valence-corrected chi connectivity index (χ3v) is 4.04. The van der Waals surface area contributed by atoms with Crippen LogP contribution in [-0.4, -0.2) is 27.6 Å². The number of pyridine rings is 1. The normalized spacial score (nSPS) is 11.4. The van der Waals surface area contributed by atoms with Crippen LogP contribution in [-0.2, 0) is 0 Å². The van der Waals surface area contributed by atoms with Crippen LogP contribution in [0.25, 0.3) is 5.65 Å². The lowest BCUT2D eigenvalue weighted by molar-refractivity contribution is 0.0693. The number of carboxylic acid groups (broad SMARTS) is 1. The molecular weight excluding hydrogens is 344 g/mol. The summed E-state index contributed by atoms with van der Waals surface area (Å²) in [6, 6.07) is 6.61. The second-order valence-corrected chi connectivity index (χ2v) is 5.82. The molecule has 0 amide bonds. The molecule has 0 saturated carbocycles. The Hall–Kier alpha value is -2.93. The number of methoxy groups -OCH3 is 1. The molecule has 25 heavy (non-hydrogen) atoms. The van der Waals surface area contributed by atoms with Crippen molar-refractivity contribution in [1.29, 1.82) is 0 Å². The van der Waals surface area contributed by atoms with E-state index in [0.717, 1.165) is 16.9 Å². The van der Waals surface area contributed by atoms with Crippen molar-refractivity contribution in [3.63, 3.8) is 0 Å². The number of nitrogens with zero attached hydrogens (tertiary/aromatic N) is 4. The van der Waals surface area contributed by atoms with Crippen molar-refractivity contribution in [2.45, 2.75) is 13.8 Å². The van der Waals surface area contributed by atoms with Gasteiger partial charge in [0.25, 0.3) is 0 Å². The number of carbonyl (C=O) groups is 1. The maximum Gasteiger partial charge on any atom is 0.339 e. The number of imidazole rings is 1. The van der Waals surface area contributed by atoms with Gasteiger partial charge in [-0.05, 0) is 31.5 Å². The van der Waals surface area contributed by atoms with Crippen LogP contribution in [0.5, 0.6) is 5.75 Å². The first-order valence-electron chi connectivity index (χ1n) is 7.39. The lowest BCUT2D eigenvalue weighted by atomic mass is 10.2. The van der Waals surface area contributed by atoms with Crippen LogP contribution >= 0.6 is 11.6 Å². The van der Waals surface area contributed by atoms with E-state index in [1.54, 1.807) is 0 Å². The molecule has 0 radical (unpaired) electrons. The van der Waals surface area contributed by atoms with Gasteiger partial charge >= 0.3 is 5.97 Å². The molecule has 3 aromatic rings. The van der Waals surface area contributed by atoms with Crippen LogP contribution in [0.3, 0.4) is 0 Å². The molecule has 1 aromatic carbocycles. The van der Waals surface area contributed by atoms with Crippen molar-refractivity contribution >= 4 is 34.7 Å². The van der Waals surface area contributed by atoms with Gasteiger partial charge in [0.1, 0.15) is 22.6 Å². The monoisotopic (exact) mass is 358 g/mol. The van der Waals surface area contributed by atoms with E-state index in [0.29, 0.717) is 11.5 Å². The van der Waals surface area contributed by atoms with E-state index < -0.39 is 5.97 Å². The standard InChI is InChI=1S/C17H15ClN4O3/c1-9-5-4-6-22-15(9)19-10(2)16(22)21-20-13-8-14(25-3)11(17(23)24)7-12(13)18/h4-8H,1-3H3,(H,23,24). The summed E-state index contributed by atoms with van der Waals surface area (Å²) in [6.45, 7) is 3.81. The summed E-state index contributed by atoms with van der Waals surface area (Å²) in [5.74, 6) is -0.386. The van der Waals surface area contributed by atoms with Gasteiger partial charge in [0, 0.05) is 12.3 Å². The molecule has 3 rings (SSSR count). The number of benzene rings is 1. The van der Waals surface area contributed by atoms with Gasteiger partial charge in [0.15, 0.2) is 5.82 Å². The number of aromatic carboxylic acids is 1. The van der Waals surface area contributed by atoms with Crippen molar-refractivity contribution in [2.24, 2.45) is 10.2 Å². The fourth-order valence-electron chi connectivity index (χ4n) is 2.48. The van der Waals surface area contributed by atoms with Crippen LogP contribution in [0.1, 0.15) is 21.6 Å². The van der Waals surface area contributed by atoms with E-state index in [1.807, 2.05) is 36.6 Å². The first-order chi connectivity index (χ1) is 11.9. The lowest BCUT2D eigenvalue weighted by Crippen LogP contribution is -2.00. The molecule has 8 heteroatoms. The Morgan fingerprint density at radius 3 is 2.76 bits per heavy atom. The zero-order chi connectivity index (χ0) is 18.1. The van der Waals surface area contributed by atoms with Crippen LogP contribution in [0.15, 0.2) is 40.7 Å². The predicted molar refractivity (Wildman–Crippen MR) is 93.8 cm³/mol. The Morgan fingerprint density at radius 1 is 1.32 bits per heavy atom. The van der Waals surface area contributed by atoms with Gasteiger partial charge in [0.2, 0.25) is 0 Å². The van der Waals surface area contributed by atoms with Crippen LogP contribution in [0.4, 0.5) is 11.5 Å². The average Bonchev–Trinajstić information content (AvgIpc) is 2.90. The summed E-state index contributed by atoms with van der Waals surface area (Å²) in [5.41, 5.74) is 2.83. The number of fused-ring (bicyclic) bond motifs is 1. The number of aryl methyl sites for hydroxylation is 2. The SMILES string of the molecule is COc1cc(N=Nc2c(C)nc3c(C)cccn23)c(Cl)cc1C(=O)O. The van der Waals surface area contributed by atoms with Crippen molar-refractivity contribution in [2.75, 3.05) is 7.11 Å².